The van der Waals surface area contributed by atoms with Gasteiger partial charge in [0.05, 0.1) is 0 Å². The molecule has 0 unspecified atom stereocenters. The van der Waals surface area contributed by atoms with E-state index in [-0.39, 0.29) is 6.04 Å². The first-order valence-corrected chi connectivity index (χ1v) is 7.53. The highest BCUT2D eigenvalue weighted by Crippen LogP contribution is 2.15. The molecule has 0 aromatic carbocycles. The van der Waals surface area contributed by atoms with Crippen molar-refractivity contribution in [1.82, 2.24) is 14.3 Å². The maximum atomic E-state index is 12.0. The van der Waals surface area contributed by atoms with E-state index in [9.17, 15) is 8.42 Å². The summed E-state index contributed by atoms with van der Waals surface area (Å²) >= 11 is 0. The number of piperidine rings is 1. The second-order valence-corrected chi connectivity index (χ2v) is 5.80. The largest absolute Gasteiger partial charge is 0.317 e. The number of hydrogen-bond acceptors (Lipinski definition) is 3. The predicted molar refractivity (Wildman–Crippen MR) is 65.5 cm³/mol. The Hall–Kier alpha value is -0.170. The smallest absolute Gasteiger partial charge is 0.279 e. The maximum absolute atomic E-state index is 12.0. The van der Waals surface area contributed by atoms with Gasteiger partial charge in [-0.1, -0.05) is 13.8 Å². The first-order chi connectivity index (χ1) is 7.61. The highest BCUT2D eigenvalue weighted by Gasteiger charge is 2.29. The van der Waals surface area contributed by atoms with Gasteiger partial charge in [0.15, 0.2) is 0 Å². The van der Waals surface area contributed by atoms with Crippen LogP contribution in [0, 0.1) is 0 Å². The summed E-state index contributed by atoms with van der Waals surface area (Å²) in [6, 6.07) is 0.158. The molecule has 6 heteroatoms. The van der Waals surface area contributed by atoms with E-state index in [1.54, 1.807) is 4.31 Å². The summed E-state index contributed by atoms with van der Waals surface area (Å²) in [7, 11) is -3.28. The Balaban J connectivity index is 2.72. The Morgan fingerprint density at radius 3 is 2.44 bits per heavy atom. The second kappa shape index (κ2) is 6.54. The normalized spacial score (nSPS) is 19.2. The van der Waals surface area contributed by atoms with Crippen LogP contribution in [-0.4, -0.2) is 44.9 Å². The molecule has 1 heterocycles. The van der Waals surface area contributed by atoms with Crippen LogP contribution < -0.4 is 10.0 Å². The lowest BCUT2D eigenvalue weighted by Crippen LogP contribution is -2.50. The number of hydrogen-bond donors (Lipinski definition) is 2. The summed E-state index contributed by atoms with van der Waals surface area (Å²) in [5.41, 5.74) is 0. The summed E-state index contributed by atoms with van der Waals surface area (Å²) < 4.78 is 28.2. The average Bonchev–Trinajstić information content (AvgIpc) is 2.27. The fourth-order valence-electron chi connectivity index (χ4n) is 2.08. The van der Waals surface area contributed by atoms with E-state index in [1.807, 2.05) is 13.8 Å². The van der Waals surface area contributed by atoms with Gasteiger partial charge in [-0.3, -0.25) is 0 Å². The summed E-state index contributed by atoms with van der Waals surface area (Å²) in [6.45, 7) is 6.70. The van der Waals surface area contributed by atoms with Crippen molar-refractivity contribution in [3.8, 4) is 0 Å². The highest BCUT2D eigenvalue weighted by atomic mass is 32.2. The van der Waals surface area contributed by atoms with Crippen LogP contribution in [0.25, 0.3) is 0 Å². The Kier molecular flexibility index (Phi) is 5.68. The minimum absolute atomic E-state index is 0.158. The van der Waals surface area contributed by atoms with Crippen LogP contribution in [0.5, 0.6) is 0 Å². The van der Waals surface area contributed by atoms with Gasteiger partial charge < -0.3 is 5.32 Å². The molecule has 0 aliphatic carbocycles. The molecule has 0 saturated carbocycles. The van der Waals surface area contributed by atoms with Crippen molar-refractivity contribution < 1.29 is 8.42 Å². The van der Waals surface area contributed by atoms with Crippen molar-refractivity contribution in [2.75, 3.05) is 26.2 Å². The van der Waals surface area contributed by atoms with Crippen LogP contribution in [-0.2, 0) is 10.2 Å². The van der Waals surface area contributed by atoms with Gasteiger partial charge in [-0.25, -0.2) is 4.72 Å². The van der Waals surface area contributed by atoms with Crippen molar-refractivity contribution in [2.24, 2.45) is 0 Å². The predicted octanol–water partition coefficient (Wildman–Crippen LogP) is 0.305. The van der Waals surface area contributed by atoms with Crippen molar-refractivity contribution in [1.29, 1.82) is 0 Å². The van der Waals surface area contributed by atoms with E-state index in [0.717, 1.165) is 32.4 Å². The topological polar surface area (TPSA) is 61.4 Å². The Bertz CT molecular complexity index is 286. The van der Waals surface area contributed by atoms with Gasteiger partial charge >= 0.3 is 0 Å². The molecule has 0 atom stereocenters. The highest BCUT2D eigenvalue weighted by molar-refractivity contribution is 7.87. The first kappa shape index (κ1) is 13.9. The molecule has 96 valence electrons. The van der Waals surface area contributed by atoms with Crippen LogP contribution in [0.2, 0.25) is 0 Å². The van der Waals surface area contributed by atoms with Gasteiger partial charge in [0, 0.05) is 19.1 Å². The summed E-state index contributed by atoms with van der Waals surface area (Å²) in [5.74, 6) is 0. The number of nitrogens with one attached hydrogen (secondary N) is 2. The molecule has 1 aliphatic heterocycles. The van der Waals surface area contributed by atoms with Crippen LogP contribution in [0.3, 0.4) is 0 Å². The molecule has 1 saturated heterocycles. The van der Waals surface area contributed by atoms with E-state index in [4.69, 9.17) is 0 Å². The lowest BCUT2D eigenvalue weighted by molar-refractivity contribution is 0.259. The molecule has 1 fully saturated rings. The molecule has 16 heavy (non-hydrogen) atoms. The van der Waals surface area contributed by atoms with Gasteiger partial charge in [-0.05, 0) is 32.4 Å². The van der Waals surface area contributed by atoms with Crippen molar-refractivity contribution in [3.05, 3.63) is 0 Å². The van der Waals surface area contributed by atoms with E-state index < -0.39 is 10.2 Å². The van der Waals surface area contributed by atoms with Gasteiger partial charge in [0.1, 0.15) is 0 Å². The molecule has 0 amide bonds. The summed E-state index contributed by atoms with van der Waals surface area (Å²) in [5, 5.41) is 3.25. The lowest BCUT2D eigenvalue weighted by Gasteiger charge is -2.33. The van der Waals surface area contributed by atoms with E-state index >= 15 is 0 Å². The zero-order valence-electron chi connectivity index (χ0n) is 10.2. The van der Waals surface area contributed by atoms with E-state index in [0.29, 0.717) is 13.1 Å². The number of nitrogens with zero attached hydrogens (tertiary/aromatic N) is 1. The molecule has 0 aromatic heterocycles. The molecule has 1 aliphatic rings. The molecular formula is C10H23N3O2S. The van der Waals surface area contributed by atoms with Crippen LogP contribution >= 0.6 is 0 Å². The van der Waals surface area contributed by atoms with Gasteiger partial charge in [-0.2, -0.15) is 12.7 Å². The molecule has 0 aromatic rings. The quantitative estimate of drug-likeness (QED) is 0.712. The zero-order chi connectivity index (χ0) is 12.0. The zero-order valence-corrected chi connectivity index (χ0v) is 11.0. The third-order valence-corrected chi connectivity index (χ3v) is 4.55. The summed E-state index contributed by atoms with van der Waals surface area (Å²) in [4.78, 5) is 0. The number of rotatable bonds is 6. The van der Waals surface area contributed by atoms with Gasteiger partial charge in [-0.15, -0.1) is 0 Å². The molecule has 0 bridgehead atoms. The van der Waals surface area contributed by atoms with Crippen LogP contribution in [0.1, 0.15) is 33.1 Å². The van der Waals surface area contributed by atoms with Gasteiger partial charge in [0.2, 0.25) is 0 Å². The summed E-state index contributed by atoms with van der Waals surface area (Å²) in [6.07, 6.45) is 2.67. The molecule has 0 spiro atoms. The minimum atomic E-state index is -3.28. The van der Waals surface area contributed by atoms with Crippen LogP contribution in [0.4, 0.5) is 0 Å². The monoisotopic (exact) mass is 249 g/mol. The fourth-order valence-corrected chi connectivity index (χ4v) is 3.64. The second-order valence-electron chi connectivity index (χ2n) is 4.09. The molecule has 2 N–H and O–H groups in total. The molecule has 0 radical (unpaired) electrons. The van der Waals surface area contributed by atoms with Gasteiger partial charge in [0.25, 0.3) is 10.2 Å². The Morgan fingerprint density at radius 1 is 1.31 bits per heavy atom. The van der Waals surface area contributed by atoms with Crippen molar-refractivity contribution in [3.63, 3.8) is 0 Å². The standard InChI is InChI=1S/C10H23N3O2S/c1-3-9-13(16(14,15)12-4-2)10-5-7-11-8-6-10/h10-12H,3-9H2,1-2H3. The third-order valence-electron chi connectivity index (χ3n) is 2.80. The van der Waals surface area contributed by atoms with E-state index in [2.05, 4.69) is 10.0 Å². The van der Waals surface area contributed by atoms with Crippen LogP contribution in [0.15, 0.2) is 0 Å². The molecule has 5 nitrogen and oxygen atoms in total. The fraction of sp³-hybridized carbons (Fsp3) is 1.00. The van der Waals surface area contributed by atoms with E-state index in [1.165, 1.54) is 0 Å². The molecule has 1 rings (SSSR count). The van der Waals surface area contributed by atoms with Crippen molar-refractivity contribution in [2.45, 2.75) is 39.2 Å². The Morgan fingerprint density at radius 2 is 1.94 bits per heavy atom. The Labute approximate surface area is 98.8 Å². The van der Waals surface area contributed by atoms with Crippen molar-refractivity contribution >= 4 is 10.2 Å². The minimum Gasteiger partial charge on any atom is -0.317 e. The lowest BCUT2D eigenvalue weighted by atomic mass is 10.1. The molecular weight excluding hydrogens is 226 g/mol. The third kappa shape index (κ3) is 3.69. The maximum Gasteiger partial charge on any atom is 0.279 e. The SMILES string of the molecule is CCCN(C1CCNCC1)S(=O)(=O)NCC. The first-order valence-electron chi connectivity index (χ1n) is 6.09. The average molecular weight is 249 g/mol.